The maximum atomic E-state index is 12.2. The van der Waals surface area contributed by atoms with Crippen molar-refractivity contribution in [3.05, 3.63) is 71.3 Å². The molecule has 0 aliphatic carbocycles. The zero-order valence-corrected chi connectivity index (χ0v) is 13.2. The number of hydrogen-bond donors (Lipinski definition) is 0. The molecule has 2 aromatic rings. The van der Waals surface area contributed by atoms with Crippen LogP contribution in [0.3, 0.4) is 0 Å². The lowest BCUT2D eigenvalue weighted by Crippen LogP contribution is -2.09. The molecule has 0 saturated carbocycles. The Morgan fingerprint density at radius 3 is 2.17 bits per heavy atom. The van der Waals surface area contributed by atoms with E-state index in [4.69, 9.17) is 15.9 Å². The molecular weight excluding hydrogens is 288 g/mol. The van der Waals surface area contributed by atoms with Gasteiger partial charge >= 0.3 is 5.97 Å². The highest BCUT2D eigenvalue weighted by atomic mass is 16.5. The number of esters is 1. The number of methoxy groups -OCH3 is 1. The van der Waals surface area contributed by atoms with Crippen LogP contribution >= 0.6 is 0 Å². The first-order valence-corrected chi connectivity index (χ1v) is 7.29. The summed E-state index contributed by atoms with van der Waals surface area (Å²) in [5.74, 6) is 2.73. The average Bonchev–Trinajstić information content (AvgIpc) is 2.60. The number of terminal acetylenes is 1. The van der Waals surface area contributed by atoms with Crippen LogP contribution in [0.1, 0.15) is 18.1 Å². The molecule has 0 spiro atoms. The normalized spacial score (nSPS) is 11.2. The Hall–Kier alpha value is -2.99. The topological polar surface area (TPSA) is 35.5 Å². The molecule has 0 heterocycles. The van der Waals surface area contributed by atoms with E-state index >= 15 is 0 Å². The van der Waals surface area contributed by atoms with Gasteiger partial charge in [0.15, 0.2) is 0 Å². The molecule has 0 aliphatic rings. The van der Waals surface area contributed by atoms with Crippen LogP contribution in [0.15, 0.2) is 60.2 Å². The molecule has 23 heavy (non-hydrogen) atoms. The largest absolute Gasteiger partial charge is 0.497 e. The smallest absolute Gasteiger partial charge is 0.347 e. The summed E-state index contributed by atoms with van der Waals surface area (Å²) in [5, 5.41) is 0. The van der Waals surface area contributed by atoms with Gasteiger partial charge in [-0.15, -0.1) is 6.42 Å². The van der Waals surface area contributed by atoms with E-state index in [9.17, 15) is 4.79 Å². The van der Waals surface area contributed by atoms with Crippen LogP contribution in [-0.2, 0) is 9.53 Å². The standard InChI is InChI=1S/C20H18O3/c1-4-18(20(21)23-5-2)19(15-9-7-6-8-10-15)16-11-13-17(22-3)14-12-16/h1,6-14H,5H2,2-3H3/b19-18-. The molecule has 0 amide bonds. The van der Waals surface area contributed by atoms with E-state index in [1.807, 2.05) is 54.6 Å². The number of carbonyl (C=O) groups excluding carboxylic acids is 1. The first-order valence-electron chi connectivity index (χ1n) is 7.29. The van der Waals surface area contributed by atoms with E-state index < -0.39 is 5.97 Å². The molecule has 0 atom stereocenters. The van der Waals surface area contributed by atoms with Crippen LogP contribution in [0, 0.1) is 12.3 Å². The highest BCUT2D eigenvalue weighted by Gasteiger charge is 2.18. The summed E-state index contributed by atoms with van der Waals surface area (Å²) in [6.07, 6.45) is 5.60. The van der Waals surface area contributed by atoms with Gasteiger partial charge in [-0.1, -0.05) is 48.4 Å². The van der Waals surface area contributed by atoms with E-state index in [1.54, 1.807) is 14.0 Å². The van der Waals surface area contributed by atoms with Gasteiger partial charge in [0.1, 0.15) is 11.3 Å². The van der Waals surface area contributed by atoms with Gasteiger partial charge < -0.3 is 9.47 Å². The number of ether oxygens (including phenoxy) is 2. The maximum Gasteiger partial charge on any atom is 0.347 e. The third-order valence-corrected chi connectivity index (χ3v) is 3.32. The summed E-state index contributed by atoms with van der Waals surface area (Å²) in [4.78, 5) is 12.2. The monoisotopic (exact) mass is 306 g/mol. The summed E-state index contributed by atoms with van der Waals surface area (Å²) in [7, 11) is 1.61. The zero-order chi connectivity index (χ0) is 16.7. The van der Waals surface area contributed by atoms with Crippen molar-refractivity contribution in [2.24, 2.45) is 0 Å². The molecule has 3 nitrogen and oxygen atoms in total. The Labute approximate surface area is 136 Å². The molecule has 0 aliphatic heterocycles. The third-order valence-electron chi connectivity index (χ3n) is 3.32. The number of carbonyl (C=O) groups is 1. The third kappa shape index (κ3) is 3.81. The van der Waals surface area contributed by atoms with Crippen molar-refractivity contribution in [2.75, 3.05) is 13.7 Å². The van der Waals surface area contributed by atoms with E-state index in [2.05, 4.69) is 5.92 Å². The van der Waals surface area contributed by atoms with E-state index in [0.717, 1.165) is 16.9 Å². The molecule has 3 heteroatoms. The van der Waals surface area contributed by atoms with E-state index in [1.165, 1.54) is 0 Å². The van der Waals surface area contributed by atoms with Crippen LogP contribution in [0.5, 0.6) is 5.75 Å². The first-order chi connectivity index (χ1) is 11.2. The first kappa shape index (κ1) is 16.4. The lowest BCUT2D eigenvalue weighted by molar-refractivity contribution is -0.137. The minimum Gasteiger partial charge on any atom is -0.497 e. The molecule has 0 saturated heterocycles. The molecule has 2 rings (SSSR count). The Bertz CT molecular complexity index is 735. The lowest BCUT2D eigenvalue weighted by Gasteiger charge is -2.12. The second-order valence-corrected chi connectivity index (χ2v) is 4.71. The molecule has 0 N–H and O–H groups in total. The SMILES string of the molecule is C#C/C(C(=O)OCC)=C(\c1ccccc1)c1ccc(OC)cc1. The number of rotatable bonds is 5. The highest BCUT2D eigenvalue weighted by molar-refractivity contribution is 6.05. The van der Waals surface area contributed by atoms with Crippen molar-refractivity contribution in [2.45, 2.75) is 6.92 Å². The van der Waals surface area contributed by atoms with Crippen LogP contribution in [0.4, 0.5) is 0 Å². The van der Waals surface area contributed by atoms with E-state index in [-0.39, 0.29) is 12.2 Å². The van der Waals surface area contributed by atoms with Crippen LogP contribution in [-0.4, -0.2) is 19.7 Å². The maximum absolute atomic E-state index is 12.2. The quantitative estimate of drug-likeness (QED) is 0.480. The summed E-state index contributed by atoms with van der Waals surface area (Å²) in [6, 6.07) is 16.9. The second kappa shape index (κ2) is 7.86. The van der Waals surface area contributed by atoms with Crippen molar-refractivity contribution >= 4 is 11.5 Å². The van der Waals surface area contributed by atoms with Gasteiger partial charge in [-0.3, -0.25) is 0 Å². The predicted octanol–water partition coefficient (Wildman–Crippen LogP) is 3.69. The van der Waals surface area contributed by atoms with Gasteiger partial charge in [0.05, 0.1) is 13.7 Å². The van der Waals surface area contributed by atoms with Gasteiger partial charge in [-0.2, -0.15) is 0 Å². The van der Waals surface area contributed by atoms with Crippen molar-refractivity contribution in [3.63, 3.8) is 0 Å². The lowest BCUT2D eigenvalue weighted by atomic mass is 9.93. The number of benzene rings is 2. The fourth-order valence-corrected chi connectivity index (χ4v) is 2.25. The number of hydrogen-bond acceptors (Lipinski definition) is 3. The van der Waals surface area contributed by atoms with Gasteiger partial charge in [0, 0.05) is 5.57 Å². The van der Waals surface area contributed by atoms with Crippen molar-refractivity contribution < 1.29 is 14.3 Å². The summed E-state index contributed by atoms with van der Waals surface area (Å²) in [6.45, 7) is 2.02. The summed E-state index contributed by atoms with van der Waals surface area (Å²) < 4.78 is 10.3. The average molecular weight is 306 g/mol. The van der Waals surface area contributed by atoms with E-state index in [0.29, 0.717) is 5.57 Å². The molecule has 0 radical (unpaired) electrons. The minimum absolute atomic E-state index is 0.211. The van der Waals surface area contributed by atoms with Gasteiger partial charge in [0.2, 0.25) is 0 Å². The minimum atomic E-state index is -0.496. The van der Waals surface area contributed by atoms with Crippen LogP contribution in [0.25, 0.3) is 5.57 Å². The van der Waals surface area contributed by atoms with Gasteiger partial charge in [-0.25, -0.2) is 4.79 Å². The molecule has 0 fully saturated rings. The molecule has 0 aromatic heterocycles. The molecular formula is C20H18O3. The second-order valence-electron chi connectivity index (χ2n) is 4.71. The molecule has 0 unspecified atom stereocenters. The Balaban J connectivity index is 2.64. The van der Waals surface area contributed by atoms with Gasteiger partial charge in [-0.05, 0) is 30.2 Å². The van der Waals surface area contributed by atoms with Crippen molar-refractivity contribution in [1.82, 2.24) is 0 Å². The van der Waals surface area contributed by atoms with Crippen LogP contribution < -0.4 is 4.74 Å². The van der Waals surface area contributed by atoms with Gasteiger partial charge in [0.25, 0.3) is 0 Å². The summed E-state index contributed by atoms with van der Waals surface area (Å²) >= 11 is 0. The fourth-order valence-electron chi connectivity index (χ4n) is 2.25. The molecule has 0 bridgehead atoms. The van der Waals surface area contributed by atoms with Crippen LogP contribution in [0.2, 0.25) is 0 Å². The Morgan fingerprint density at radius 2 is 1.65 bits per heavy atom. The zero-order valence-electron chi connectivity index (χ0n) is 13.2. The predicted molar refractivity (Wildman–Crippen MR) is 90.9 cm³/mol. The highest BCUT2D eigenvalue weighted by Crippen LogP contribution is 2.28. The van der Waals surface area contributed by atoms with Crippen molar-refractivity contribution in [3.8, 4) is 18.1 Å². The van der Waals surface area contributed by atoms with Crippen molar-refractivity contribution in [1.29, 1.82) is 0 Å². The molecule has 116 valence electrons. The fraction of sp³-hybridized carbons (Fsp3) is 0.150. The Kier molecular flexibility index (Phi) is 5.60. The molecule has 2 aromatic carbocycles. The Morgan fingerprint density at radius 1 is 1.04 bits per heavy atom. The summed E-state index contributed by atoms with van der Waals surface area (Å²) in [5.41, 5.74) is 2.58.